The molecule has 0 aromatic heterocycles. The molecule has 0 rings (SSSR count). The number of halogens is 2. The van der Waals surface area contributed by atoms with Crippen molar-refractivity contribution in [2.45, 2.75) is 0 Å². The van der Waals surface area contributed by atoms with Gasteiger partial charge in [-0.2, -0.15) is 0 Å². The van der Waals surface area contributed by atoms with Crippen molar-refractivity contribution in [2.24, 2.45) is 0 Å². The molecule has 3 nitrogen and oxygen atoms in total. The van der Waals surface area contributed by atoms with Gasteiger partial charge in [-0.25, -0.2) is 4.79 Å². The minimum atomic E-state index is -2.88. The Morgan fingerprint density at radius 3 is 1.43 bits per heavy atom. The zero-order valence-electron chi connectivity index (χ0n) is 3.27. The molecule has 0 atom stereocenters. The Morgan fingerprint density at radius 2 is 1.43 bits per heavy atom. The van der Waals surface area contributed by atoms with Crippen molar-refractivity contribution in [1.29, 1.82) is 0 Å². The van der Waals surface area contributed by atoms with Gasteiger partial charge in [0.2, 0.25) is 0 Å². The van der Waals surface area contributed by atoms with Gasteiger partial charge in [-0.3, -0.25) is 0 Å². The zero-order chi connectivity index (χ0) is 6.28. The first kappa shape index (κ1) is 10.4. The quantitative estimate of drug-likeness (QED) is 0.486. The molecule has 7 heavy (non-hydrogen) atoms. The van der Waals surface area contributed by atoms with Crippen LogP contribution in [0.5, 0.6) is 0 Å². The first-order valence-electron chi connectivity index (χ1n) is 1.19. The van der Waals surface area contributed by atoms with E-state index in [9.17, 15) is 2.73 Å². The maximum atomic E-state index is 9.81. The van der Waals surface area contributed by atoms with Gasteiger partial charge in [0.25, 0.3) is 0 Å². The molecule has 0 radical (unpaired) electrons. The Hall–Kier alpha value is 0.390. The van der Waals surface area contributed by atoms with Gasteiger partial charge in [-0.1, -0.05) is 0 Å². The summed E-state index contributed by atoms with van der Waals surface area (Å²) >= 11 is -2.88. The second kappa shape index (κ2) is 9.63. The third kappa shape index (κ3) is 811. The van der Waals surface area contributed by atoms with E-state index < -0.39 is 41.5 Å². The third-order valence-corrected chi connectivity index (χ3v) is 0. The Balaban J connectivity index is 0. The van der Waals surface area contributed by atoms with Gasteiger partial charge in [0.15, 0.2) is 0 Å². The van der Waals surface area contributed by atoms with E-state index in [0.29, 0.717) is 0 Å². The van der Waals surface area contributed by atoms with Gasteiger partial charge >= 0.3 is 44.3 Å². The van der Waals surface area contributed by atoms with Gasteiger partial charge in [0, 0.05) is 0 Å². The van der Waals surface area contributed by atoms with E-state index in [-0.39, 0.29) is 0 Å². The van der Waals surface area contributed by atoms with Crippen LogP contribution in [-0.4, -0.2) is 51.8 Å². The molecule has 0 aromatic carbocycles. The van der Waals surface area contributed by atoms with Crippen LogP contribution in [0.15, 0.2) is 0 Å². The van der Waals surface area contributed by atoms with Crippen molar-refractivity contribution >= 4 is 41.5 Å². The van der Waals surface area contributed by atoms with Crippen LogP contribution in [0.4, 0.5) is 7.52 Å². The molecule has 0 spiro atoms. The number of hydrogen-bond donors (Lipinski definition) is 2. The van der Waals surface area contributed by atoms with E-state index in [0.717, 1.165) is 0 Å². The van der Waals surface area contributed by atoms with Crippen LogP contribution in [-0.2, 0) is 0 Å². The third-order valence-electron chi connectivity index (χ3n) is 0. The predicted octanol–water partition coefficient (Wildman–Crippen LogP) is 0.682. The Morgan fingerprint density at radius 1 is 1.43 bits per heavy atom. The number of rotatable bonds is 0. The van der Waals surface area contributed by atoms with E-state index in [1.807, 2.05) is 0 Å². The fourth-order valence-electron chi connectivity index (χ4n) is 0. The molecule has 0 aliphatic heterocycles. The second-order valence-electron chi connectivity index (χ2n) is 0.384. The Kier molecular flexibility index (Phi) is 14.3. The first-order chi connectivity index (χ1) is 3.15. The van der Waals surface area contributed by atoms with Crippen molar-refractivity contribution in [2.75, 3.05) is 0 Å². The second-order valence-corrected chi connectivity index (χ2v) is 0.699. The number of carboxylic acid groups (broad SMARTS) is 2. The number of carbonyl (C=O) groups is 1. The van der Waals surface area contributed by atoms with E-state index in [1.165, 1.54) is 0 Å². The number of hydrogen-bond acceptors (Lipinski definition) is 1. The molecular weight excluding hydrogens is 138 g/mol. The summed E-state index contributed by atoms with van der Waals surface area (Å²) in [7, 11) is 0. The van der Waals surface area contributed by atoms with Crippen LogP contribution in [0, 0.1) is 0 Å². The van der Waals surface area contributed by atoms with Crippen molar-refractivity contribution in [1.82, 2.24) is 0 Å². The monoisotopic (exact) mass is 140 g/mol. The normalized spacial score (nSPS) is 4.86. The fourth-order valence-corrected chi connectivity index (χ4v) is 0. The van der Waals surface area contributed by atoms with Gasteiger partial charge in [-0.15, -0.1) is 0 Å². The van der Waals surface area contributed by atoms with Crippen LogP contribution < -0.4 is 0 Å². The van der Waals surface area contributed by atoms with Crippen molar-refractivity contribution in [3.63, 3.8) is 0 Å². The van der Waals surface area contributed by atoms with E-state index in [4.69, 9.17) is 15.0 Å². The van der Waals surface area contributed by atoms with Crippen LogP contribution in [0.1, 0.15) is 0 Å². The van der Waals surface area contributed by atoms with Gasteiger partial charge in [0.1, 0.15) is 0 Å². The predicted molar refractivity (Wildman–Crippen MR) is 18.6 cm³/mol. The first-order valence-corrected chi connectivity index (χ1v) is 2.86. The van der Waals surface area contributed by atoms with Crippen LogP contribution in [0.3, 0.4) is 0 Å². The molecule has 0 saturated carbocycles. The van der Waals surface area contributed by atoms with Crippen LogP contribution >= 0.6 is 0 Å². The summed E-state index contributed by atoms with van der Waals surface area (Å²) in [5, 5.41) is 13.9. The average molecular weight is 140 g/mol. The molecule has 40 valence electrons. The molecule has 0 bridgehead atoms. The molecular formula is CH2CaF2O3. The maximum absolute atomic E-state index is 9.81. The summed E-state index contributed by atoms with van der Waals surface area (Å²) in [6.45, 7) is 0. The summed E-state index contributed by atoms with van der Waals surface area (Å²) in [6, 6.07) is 0. The Bertz CT molecular complexity index is 44.2. The van der Waals surface area contributed by atoms with Gasteiger partial charge < -0.3 is 10.2 Å². The van der Waals surface area contributed by atoms with E-state index >= 15 is 0 Å². The fraction of sp³-hybridized carbons (Fsp3) is 0. The van der Waals surface area contributed by atoms with Crippen molar-refractivity contribution < 1.29 is 17.7 Å². The van der Waals surface area contributed by atoms with Crippen molar-refractivity contribution in [3.05, 3.63) is 0 Å². The summed E-state index contributed by atoms with van der Waals surface area (Å²) < 4.78 is 19.6. The van der Waals surface area contributed by atoms with Crippen molar-refractivity contribution in [3.8, 4) is 0 Å². The standard InChI is InChI=1S/CH2O3.Ca.2FH/c2-1(3)4;;;/h(H2,2,3,4);;2*1H/q;+2;;/p-2. The molecule has 2 N–H and O–H groups in total. The summed E-state index contributed by atoms with van der Waals surface area (Å²) in [6.07, 6.45) is -1.83. The van der Waals surface area contributed by atoms with Gasteiger partial charge in [-0.05, 0) is 0 Å². The molecule has 0 amide bonds. The molecule has 0 aromatic rings. The van der Waals surface area contributed by atoms with E-state index in [2.05, 4.69) is 0 Å². The van der Waals surface area contributed by atoms with Crippen LogP contribution in [0.25, 0.3) is 0 Å². The molecule has 0 unspecified atom stereocenters. The Labute approximate surface area is 59.0 Å². The average Bonchev–Trinajstić information content (AvgIpc) is 1.33. The van der Waals surface area contributed by atoms with Crippen LogP contribution in [0.2, 0.25) is 0 Å². The molecule has 0 aliphatic rings. The molecule has 0 heterocycles. The SMILES string of the molecule is O=C(O)O.[F][Ca][F]. The minimum absolute atomic E-state index is 1.83. The van der Waals surface area contributed by atoms with Gasteiger partial charge in [0.05, 0.1) is 0 Å². The molecule has 6 heteroatoms. The molecule has 0 aliphatic carbocycles. The van der Waals surface area contributed by atoms with E-state index in [1.54, 1.807) is 0 Å². The summed E-state index contributed by atoms with van der Waals surface area (Å²) in [5.74, 6) is 0. The zero-order valence-corrected chi connectivity index (χ0v) is 5.47. The molecule has 0 fully saturated rings. The summed E-state index contributed by atoms with van der Waals surface area (Å²) in [4.78, 5) is 8.56. The summed E-state index contributed by atoms with van der Waals surface area (Å²) in [5.41, 5.74) is 0. The molecule has 0 saturated heterocycles. The topological polar surface area (TPSA) is 57.5 Å².